The number of nitrogens with zero attached hydrogens (tertiary/aromatic N) is 1. The van der Waals surface area contributed by atoms with Gasteiger partial charge < -0.3 is 10.1 Å². The number of halogens is 2. The summed E-state index contributed by atoms with van der Waals surface area (Å²) in [6.07, 6.45) is 1.56. The standard InChI is InChI=1S/C9H10BrClN2O2/c1-2-15-5-8(14)13-7-3-6(10)4-12-9(7)11/h3-4H,2,5H2,1H3,(H,13,14). The maximum atomic E-state index is 11.3. The second-order valence-electron chi connectivity index (χ2n) is 2.68. The minimum atomic E-state index is -0.251. The Morgan fingerprint density at radius 1 is 1.73 bits per heavy atom. The minimum Gasteiger partial charge on any atom is -0.372 e. The number of anilines is 1. The first kappa shape index (κ1) is 12.4. The molecule has 6 heteroatoms. The molecule has 0 saturated carbocycles. The van der Waals surface area contributed by atoms with Crippen LogP contribution in [0.5, 0.6) is 0 Å². The first-order valence-electron chi connectivity index (χ1n) is 4.32. The number of hydrogen-bond donors (Lipinski definition) is 1. The summed E-state index contributed by atoms with van der Waals surface area (Å²) in [6, 6.07) is 1.68. The number of carbonyl (C=O) groups excluding carboxylic acids is 1. The van der Waals surface area contributed by atoms with Gasteiger partial charge in [0.05, 0.1) is 5.69 Å². The Morgan fingerprint density at radius 3 is 3.13 bits per heavy atom. The van der Waals surface area contributed by atoms with E-state index < -0.39 is 0 Å². The first-order valence-corrected chi connectivity index (χ1v) is 5.49. The fourth-order valence-corrected chi connectivity index (χ4v) is 1.37. The molecule has 0 atom stereocenters. The van der Waals surface area contributed by atoms with E-state index in [0.717, 1.165) is 4.47 Å². The summed E-state index contributed by atoms with van der Waals surface area (Å²) in [4.78, 5) is 15.2. The quantitative estimate of drug-likeness (QED) is 0.868. The Kier molecular flexibility index (Phi) is 5.01. The van der Waals surface area contributed by atoms with E-state index >= 15 is 0 Å². The largest absolute Gasteiger partial charge is 0.372 e. The predicted octanol–water partition coefficient (Wildman–Crippen LogP) is 2.47. The Balaban J connectivity index is 2.63. The van der Waals surface area contributed by atoms with Crippen LogP contribution in [0.1, 0.15) is 6.92 Å². The molecule has 0 fully saturated rings. The number of amides is 1. The van der Waals surface area contributed by atoms with E-state index in [1.807, 2.05) is 6.92 Å². The van der Waals surface area contributed by atoms with E-state index in [2.05, 4.69) is 26.2 Å². The van der Waals surface area contributed by atoms with Crippen molar-refractivity contribution >= 4 is 39.1 Å². The van der Waals surface area contributed by atoms with Crippen LogP contribution in [0, 0.1) is 0 Å². The number of pyridine rings is 1. The van der Waals surface area contributed by atoms with Crippen molar-refractivity contribution in [3.63, 3.8) is 0 Å². The van der Waals surface area contributed by atoms with Crippen LogP contribution in [-0.4, -0.2) is 24.1 Å². The van der Waals surface area contributed by atoms with Crippen molar-refractivity contribution < 1.29 is 9.53 Å². The summed E-state index contributed by atoms with van der Waals surface area (Å²) in [7, 11) is 0. The fraction of sp³-hybridized carbons (Fsp3) is 0.333. The van der Waals surface area contributed by atoms with E-state index in [-0.39, 0.29) is 17.7 Å². The fourth-order valence-electron chi connectivity index (χ4n) is 0.891. The van der Waals surface area contributed by atoms with Gasteiger partial charge in [-0.05, 0) is 28.9 Å². The second-order valence-corrected chi connectivity index (χ2v) is 3.95. The van der Waals surface area contributed by atoms with Crippen molar-refractivity contribution in [1.29, 1.82) is 0 Å². The third kappa shape index (κ3) is 4.15. The number of hydrogen-bond acceptors (Lipinski definition) is 3. The van der Waals surface area contributed by atoms with Crippen molar-refractivity contribution in [1.82, 2.24) is 4.98 Å². The lowest BCUT2D eigenvalue weighted by atomic mass is 10.4. The van der Waals surface area contributed by atoms with Gasteiger partial charge in [0.1, 0.15) is 6.61 Å². The van der Waals surface area contributed by atoms with Gasteiger partial charge in [-0.25, -0.2) is 4.98 Å². The van der Waals surface area contributed by atoms with Gasteiger partial charge in [0.15, 0.2) is 5.15 Å². The lowest BCUT2D eigenvalue weighted by Crippen LogP contribution is -2.18. The van der Waals surface area contributed by atoms with Crippen molar-refractivity contribution in [2.75, 3.05) is 18.5 Å². The summed E-state index contributed by atoms with van der Waals surface area (Å²) in [5.74, 6) is -0.251. The van der Waals surface area contributed by atoms with Gasteiger partial charge in [-0.3, -0.25) is 4.79 Å². The molecule has 0 aromatic carbocycles. The van der Waals surface area contributed by atoms with E-state index in [1.165, 1.54) is 0 Å². The van der Waals surface area contributed by atoms with Gasteiger partial charge >= 0.3 is 0 Å². The zero-order chi connectivity index (χ0) is 11.3. The zero-order valence-electron chi connectivity index (χ0n) is 8.09. The molecule has 0 radical (unpaired) electrons. The van der Waals surface area contributed by atoms with Gasteiger partial charge in [-0.1, -0.05) is 11.6 Å². The SMILES string of the molecule is CCOCC(=O)Nc1cc(Br)cnc1Cl. The van der Waals surface area contributed by atoms with E-state index in [4.69, 9.17) is 16.3 Å². The van der Waals surface area contributed by atoms with Gasteiger partial charge in [-0.2, -0.15) is 0 Å². The number of carbonyl (C=O) groups is 1. The molecule has 0 aliphatic heterocycles. The molecule has 1 heterocycles. The van der Waals surface area contributed by atoms with Crippen LogP contribution in [0.15, 0.2) is 16.7 Å². The third-order valence-electron chi connectivity index (χ3n) is 1.52. The molecule has 0 bridgehead atoms. The van der Waals surface area contributed by atoms with Crippen LogP contribution < -0.4 is 5.32 Å². The average molecular weight is 294 g/mol. The minimum absolute atomic E-state index is 0.0132. The molecule has 1 aromatic heterocycles. The average Bonchev–Trinajstić information content (AvgIpc) is 2.20. The summed E-state index contributed by atoms with van der Waals surface area (Å²) < 4.78 is 5.70. The molecule has 0 aliphatic rings. The van der Waals surface area contributed by atoms with Crippen LogP contribution in [0.2, 0.25) is 5.15 Å². The molecule has 1 rings (SSSR count). The highest BCUT2D eigenvalue weighted by molar-refractivity contribution is 9.10. The predicted molar refractivity (Wildman–Crippen MR) is 62.1 cm³/mol. The van der Waals surface area contributed by atoms with Gasteiger partial charge in [-0.15, -0.1) is 0 Å². The summed E-state index contributed by atoms with van der Waals surface area (Å²) in [5.41, 5.74) is 0.468. The lowest BCUT2D eigenvalue weighted by molar-refractivity contribution is -0.120. The molecule has 0 aliphatic carbocycles. The summed E-state index contributed by atoms with van der Waals surface area (Å²) in [6.45, 7) is 2.33. The zero-order valence-corrected chi connectivity index (χ0v) is 10.4. The van der Waals surface area contributed by atoms with Crippen LogP contribution >= 0.6 is 27.5 Å². The van der Waals surface area contributed by atoms with E-state index in [1.54, 1.807) is 12.3 Å². The number of rotatable bonds is 4. The van der Waals surface area contributed by atoms with Gasteiger partial charge in [0, 0.05) is 17.3 Å². The molecular formula is C9H10BrClN2O2. The molecule has 0 unspecified atom stereocenters. The molecule has 0 saturated heterocycles. The second kappa shape index (κ2) is 6.05. The monoisotopic (exact) mass is 292 g/mol. The van der Waals surface area contributed by atoms with Crippen LogP contribution in [0.25, 0.3) is 0 Å². The number of ether oxygens (including phenoxy) is 1. The van der Waals surface area contributed by atoms with Crippen molar-refractivity contribution in [3.05, 3.63) is 21.9 Å². The Hall–Kier alpha value is -0.650. The van der Waals surface area contributed by atoms with Crippen molar-refractivity contribution in [2.24, 2.45) is 0 Å². The molecular weight excluding hydrogens is 283 g/mol. The molecule has 15 heavy (non-hydrogen) atoms. The summed E-state index contributed by atoms with van der Waals surface area (Å²) >= 11 is 9.02. The third-order valence-corrected chi connectivity index (χ3v) is 2.25. The normalized spacial score (nSPS) is 10.1. The Labute approximate surface area is 101 Å². The Bertz CT molecular complexity index is 360. The number of nitrogens with one attached hydrogen (secondary N) is 1. The van der Waals surface area contributed by atoms with Gasteiger partial charge in [0.2, 0.25) is 5.91 Å². The highest BCUT2D eigenvalue weighted by Crippen LogP contribution is 2.22. The van der Waals surface area contributed by atoms with Crippen molar-refractivity contribution in [3.8, 4) is 0 Å². The first-order chi connectivity index (χ1) is 7.13. The molecule has 82 valence electrons. The summed E-state index contributed by atoms with van der Waals surface area (Å²) in [5, 5.41) is 2.85. The van der Waals surface area contributed by atoms with Crippen LogP contribution in [-0.2, 0) is 9.53 Å². The van der Waals surface area contributed by atoms with Gasteiger partial charge in [0.25, 0.3) is 0 Å². The molecule has 1 aromatic rings. The highest BCUT2D eigenvalue weighted by atomic mass is 79.9. The number of aromatic nitrogens is 1. The molecule has 1 N–H and O–H groups in total. The Morgan fingerprint density at radius 2 is 2.47 bits per heavy atom. The maximum absolute atomic E-state index is 11.3. The van der Waals surface area contributed by atoms with E-state index in [9.17, 15) is 4.79 Å². The molecule has 1 amide bonds. The van der Waals surface area contributed by atoms with Crippen LogP contribution in [0.4, 0.5) is 5.69 Å². The highest BCUT2D eigenvalue weighted by Gasteiger charge is 2.06. The molecule has 0 spiro atoms. The topological polar surface area (TPSA) is 51.2 Å². The smallest absolute Gasteiger partial charge is 0.250 e. The van der Waals surface area contributed by atoms with Crippen molar-refractivity contribution in [2.45, 2.75) is 6.92 Å². The molecule has 4 nitrogen and oxygen atoms in total. The van der Waals surface area contributed by atoms with E-state index in [0.29, 0.717) is 12.3 Å². The maximum Gasteiger partial charge on any atom is 0.250 e. The lowest BCUT2D eigenvalue weighted by Gasteiger charge is -2.06. The van der Waals surface area contributed by atoms with Crippen LogP contribution in [0.3, 0.4) is 0 Å².